The molecule has 0 aromatic heterocycles. The van der Waals surface area contributed by atoms with Crippen LogP contribution in [-0.2, 0) is 14.8 Å². The number of nitrogens with one attached hydrogen (secondary N) is 1. The number of ether oxygens (including phenoxy) is 1. The fourth-order valence-corrected chi connectivity index (χ4v) is 2.14. The summed E-state index contributed by atoms with van der Waals surface area (Å²) >= 11 is 0. The quantitative estimate of drug-likeness (QED) is 0.825. The van der Waals surface area contributed by atoms with Crippen molar-refractivity contribution in [2.75, 3.05) is 11.8 Å². The molecule has 1 aromatic carbocycles. The molecule has 2 N–H and O–H groups in total. The van der Waals surface area contributed by atoms with Crippen molar-refractivity contribution in [2.45, 2.75) is 12.2 Å². The summed E-state index contributed by atoms with van der Waals surface area (Å²) in [4.78, 5) is 10.7. The third kappa shape index (κ3) is 3.35. The molecule has 0 saturated heterocycles. The van der Waals surface area contributed by atoms with Crippen LogP contribution in [0.3, 0.4) is 0 Å². The molecule has 1 unspecified atom stereocenters. The molecule has 0 radical (unpaired) electrons. The van der Waals surface area contributed by atoms with Crippen molar-refractivity contribution < 1.29 is 23.1 Å². The molecule has 19 heavy (non-hydrogen) atoms. The Labute approximate surface area is 110 Å². The van der Waals surface area contributed by atoms with Crippen molar-refractivity contribution in [1.82, 2.24) is 0 Å². The topological polar surface area (TPSA) is 116 Å². The van der Waals surface area contributed by atoms with Gasteiger partial charge < -0.3 is 9.84 Å². The van der Waals surface area contributed by atoms with Gasteiger partial charge in [-0.05, 0) is 19.1 Å². The van der Waals surface area contributed by atoms with E-state index >= 15 is 0 Å². The minimum atomic E-state index is -4.08. The first-order valence-electron chi connectivity index (χ1n) is 5.14. The Kier molecular flexibility index (Phi) is 4.34. The van der Waals surface area contributed by atoms with Gasteiger partial charge in [0.15, 0.2) is 5.25 Å². The van der Waals surface area contributed by atoms with Crippen LogP contribution in [0.2, 0.25) is 0 Å². The number of carbonyl (C=O) groups is 1. The van der Waals surface area contributed by atoms with E-state index in [2.05, 4.69) is 4.72 Å². The lowest BCUT2D eigenvalue weighted by Gasteiger charge is -2.14. The molecule has 0 bridgehead atoms. The van der Waals surface area contributed by atoms with Gasteiger partial charge in [0.2, 0.25) is 10.0 Å². The number of carboxylic acid groups (broad SMARTS) is 1. The van der Waals surface area contributed by atoms with E-state index < -0.39 is 21.2 Å². The van der Waals surface area contributed by atoms with Gasteiger partial charge in [-0.3, -0.25) is 9.52 Å². The highest BCUT2D eigenvalue weighted by molar-refractivity contribution is 7.94. The van der Waals surface area contributed by atoms with Crippen molar-refractivity contribution in [3.8, 4) is 11.8 Å². The van der Waals surface area contributed by atoms with E-state index in [9.17, 15) is 13.2 Å². The first-order chi connectivity index (χ1) is 8.81. The number of nitrogens with zero attached hydrogens (tertiary/aromatic N) is 1. The van der Waals surface area contributed by atoms with Crippen LogP contribution in [-0.4, -0.2) is 31.9 Å². The Hall–Kier alpha value is -2.27. The summed E-state index contributed by atoms with van der Waals surface area (Å²) in [5, 5.41) is 15.8. The van der Waals surface area contributed by atoms with Crippen LogP contribution in [0.15, 0.2) is 18.2 Å². The summed E-state index contributed by atoms with van der Waals surface area (Å²) < 4.78 is 30.6. The summed E-state index contributed by atoms with van der Waals surface area (Å²) in [6, 6.07) is 5.96. The summed E-state index contributed by atoms with van der Waals surface area (Å²) in [5.41, 5.74) is 0.376. The molecule has 7 nitrogen and oxygen atoms in total. The molecule has 1 rings (SSSR count). The zero-order chi connectivity index (χ0) is 14.6. The number of benzene rings is 1. The van der Waals surface area contributed by atoms with Crippen LogP contribution in [0.25, 0.3) is 0 Å². The predicted molar refractivity (Wildman–Crippen MR) is 67.3 cm³/mol. The Morgan fingerprint density at radius 3 is 2.63 bits per heavy atom. The molecule has 0 fully saturated rings. The number of carboxylic acids is 1. The highest BCUT2D eigenvalue weighted by Gasteiger charge is 2.28. The number of hydrogen-bond donors (Lipinski definition) is 2. The van der Waals surface area contributed by atoms with Gasteiger partial charge >= 0.3 is 5.97 Å². The largest absolute Gasteiger partial charge is 0.495 e. The highest BCUT2D eigenvalue weighted by Crippen LogP contribution is 2.27. The smallest absolute Gasteiger partial charge is 0.323 e. The molecule has 102 valence electrons. The normalized spacial score (nSPS) is 12.3. The van der Waals surface area contributed by atoms with E-state index in [1.165, 1.54) is 25.3 Å². The van der Waals surface area contributed by atoms with Gasteiger partial charge in [0.25, 0.3) is 0 Å². The SMILES string of the molecule is COc1cc(C#N)ccc1NS(=O)(=O)C(C)C(=O)O. The number of sulfonamides is 1. The van der Waals surface area contributed by atoms with E-state index in [0.717, 1.165) is 6.92 Å². The molecule has 0 aliphatic heterocycles. The summed E-state index contributed by atoms with van der Waals surface area (Å²) in [5.74, 6) is -1.32. The van der Waals surface area contributed by atoms with E-state index in [0.29, 0.717) is 5.56 Å². The van der Waals surface area contributed by atoms with Crippen molar-refractivity contribution >= 4 is 21.7 Å². The second-order valence-electron chi connectivity index (χ2n) is 3.65. The first kappa shape index (κ1) is 14.8. The molecule has 1 atom stereocenters. The molecule has 8 heteroatoms. The van der Waals surface area contributed by atoms with E-state index in [1.54, 1.807) is 0 Å². The van der Waals surface area contributed by atoms with E-state index in [-0.39, 0.29) is 11.4 Å². The van der Waals surface area contributed by atoms with Gasteiger partial charge in [-0.1, -0.05) is 0 Å². The van der Waals surface area contributed by atoms with Gasteiger partial charge in [-0.15, -0.1) is 0 Å². The summed E-state index contributed by atoms with van der Waals surface area (Å²) in [6.45, 7) is 1.06. The van der Waals surface area contributed by atoms with Gasteiger partial charge in [-0.2, -0.15) is 5.26 Å². The lowest BCUT2D eigenvalue weighted by atomic mass is 10.2. The Balaban J connectivity index is 3.13. The van der Waals surface area contributed by atoms with Crippen molar-refractivity contribution in [3.05, 3.63) is 23.8 Å². The predicted octanol–water partition coefficient (Wildman–Crippen LogP) is 0.782. The monoisotopic (exact) mass is 284 g/mol. The zero-order valence-corrected chi connectivity index (χ0v) is 11.1. The number of rotatable bonds is 5. The Morgan fingerprint density at radius 1 is 1.53 bits per heavy atom. The maximum absolute atomic E-state index is 11.8. The van der Waals surface area contributed by atoms with Gasteiger partial charge in [-0.25, -0.2) is 8.42 Å². The summed E-state index contributed by atoms with van der Waals surface area (Å²) in [6.07, 6.45) is 0. The molecule has 0 heterocycles. The molecular formula is C11H12N2O5S. The highest BCUT2D eigenvalue weighted by atomic mass is 32.2. The van der Waals surface area contributed by atoms with Crippen LogP contribution >= 0.6 is 0 Å². The first-order valence-corrected chi connectivity index (χ1v) is 6.69. The van der Waals surface area contributed by atoms with Crippen molar-refractivity contribution in [1.29, 1.82) is 5.26 Å². The number of hydrogen-bond acceptors (Lipinski definition) is 5. The lowest BCUT2D eigenvalue weighted by molar-refractivity contribution is -0.136. The third-order valence-electron chi connectivity index (χ3n) is 2.40. The fraction of sp³-hybridized carbons (Fsp3) is 0.273. The van der Waals surface area contributed by atoms with E-state index in [4.69, 9.17) is 15.1 Å². The third-order valence-corrected chi connectivity index (χ3v) is 4.03. The molecule has 0 saturated carbocycles. The maximum atomic E-state index is 11.8. The average Bonchev–Trinajstić information content (AvgIpc) is 2.37. The molecular weight excluding hydrogens is 272 g/mol. The maximum Gasteiger partial charge on any atom is 0.323 e. The molecule has 0 aliphatic carbocycles. The van der Waals surface area contributed by atoms with Crippen LogP contribution in [0, 0.1) is 11.3 Å². The lowest BCUT2D eigenvalue weighted by Crippen LogP contribution is -2.32. The average molecular weight is 284 g/mol. The number of methoxy groups -OCH3 is 1. The van der Waals surface area contributed by atoms with Crippen LogP contribution < -0.4 is 9.46 Å². The second kappa shape index (κ2) is 5.58. The van der Waals surface area contributed by atoms with E-state index in [1.807, 2.05) is 6.07 Å². The molecule has 1 aromatic rings. The van der Waals surface area contributed by atoms with Crippen molar-refractivity contribution in [3.63, 3.8) is 0 Å². The molecule has 0 aliphatic rings. The number of anilines is 1. The van der Waals surface area contributed by atoms with Crippen LogP contribution in [0.1, 0.15) is 12.5 Å². The van der Waals surface area contributed by atoms with Crippen LogP contribution in [0.4, 0.5) is 5.69 Å². The van der Waals surface area contributed by atoms with Crippen molar-refractivity contribution in [2.24, 2.45) is 0 Å². The number of aliphatic carboxylic acids is 1. The zero-order valence-electron chi connectivity index (χ0n) is 10.2. The van der Waals surface area contributed by atoms with Gasteiger partial charge in [0, 0.05) is 6.07 Å². The fourth-order valence-electron chi connectivity index (χ4n) is 1.22. The van der Waals surface area contributed by atoms with Crippen LogP contribution in [0.5, 0.6) is 5.75 Å². The summed E-state index contributed by atoms with van der Waals surface area (Å²) in [7, 11) is -2.76. The Morgan fingerprint density at radius 2 is 2.16 bits per heavy atom. The molecule has 0 amide bonds. The standard InChI is InChI=1S/C11H12N2O5S/c1-7(11(14)15)19(16,17)13-9-4-3-8(6-12)5-10(9)18-2/h3-5,7,13H,1-2H3,(H,14,15). The number of nitriles is 1. The van der Waals surface area contributed by atoms with Gasteiger partial charge in [0.1, 0.15) is 5.75 Å². The van der Waals surface area contributed by atoms with Gasteiger partial charge in [0.05, 0.1) is 24.4 Å². The minimum absolute atomic E-state index is 0.0783. The molecule has 0 spiro atoms. The Bertz CT molecular complexity index is 633. The minimum Gasteiger partial charge on any atom is -0.495 e. The second-order valence-corrected chi connectivity index (χ2v) is 5.66.